The van der Waals surface area contributed by atoms with Crippen LogP contribution in [-0.4, -0.2) is 36.4 Å². The van der Waals surface area contributed by atoms with E-state index in [9.17, 15) is 25.3 Å². The highest BCUT2D eigenvalue weighted by molar-refractivity contribution is 7.98. The van der Waals surface area contributed by atoms with Gasteiger partial charge in [0, 0.05) is 17.3 Å². The molecule has 1 atom stereocenters. The van der Waals surface area contributed by atoms with Gasteiger partial charge in [0.15, 0.2) is 5.69 Å². The molecule has 1 unspecified atom stereocenters. The van der Waals surface area contributed by atoms with E-state index >= 15 is 0 Å². The summed E-state index contributed by atoms with van der Waals surface area (Å²) >= 11 is 1.23. The third-order valence-corrected chi connectivity index (χ3v) is 4.85. The SMILES string of the molecule is CSc1nnc2c(n1)OC(c1cc([N+](=O)[O-])cc([N+](=O)[O-])c1O)Nc1ccccc1-2. The fourth-order valence-corrected chi connectivity index (χ4v) is 3.24. The molecule has 2 heterocycles. The van der Waals surface area contributed by atoms with Gasteiger partial charge < -0.3 is 15.2 Å². The van der Waals surface area contributed by atoms with Gasteiger partial charge in [0.05, 0.1) is 21.5 Å². The van der Waals surface area contributed by atoms with Crippen molar-refractivity contribution >= 4 is 28.8 Å². The van der Waals surface area contributed by atoms with Crippen molar-refractivity contribution in [1.82, 2.24) is 15.2 Å². The maximum Gasteiger partial charge on any atom is 0.318 e. The lowest BCUT2D eigenvalue weighted by atomic mass is 10.1. The quantitative estimate of drug-likeness (QED) is 0.355. The van der Waals surface area contributed by atoms with Crippen LogP contribution in [0.5, 0.6) is 11.6 Å². The number of rotatable bonds is 4. The average molecular weight is 428 g/mol. The summed E-state index contributed by atoms with van der Waals surface area (Å²) < 4.78 is 5.88. The molecule has 0 spiro atoms. The Labute approximate surface area is 172 Å². The van der Waals surface area contributed by atoms with Crippen LogP contribution in [0.25, 0.3) is 11.3 Å². The number of nitro benzene ring substituents is 2. The first-order valence-electron chi connectivity index (χ1n) is 8.36. The normalized spacial score (nSPS) is 14.5. The second kappa shape index (κ2) is 7.44. The number of fused-ring (bicyclic) bond motifs is 3. The van der Waals surface area contributed by atoms with Crippen molar-refractivity contribution in [1.29, 1.82) is 0 Å². The molecule has 0 bridgehead atoms. The molecule has 1 aliphatic rings. The zero-order valence-corrected chi connectivity index (χ0v) is 16.0. The van der Waals surface area contributed by atoms with Gasteiger partial charge in [-0.15, -0.1) is 10.2 Å². The lowest BCUT2D eigenvalue weighted by Gasteiger charge is -2.20. The number of phenols is 1. The van der Waals surface area contributed by atoms with Gasteiger partial charge in [0.1, 0.15) is 0 Å². The lowest BCUT2D eigenvalue weighted by Crippen LogP contribution is -2.18. The van der Waals surface area contributed by atoms with Crippen molar-refractivity contribution in [2.75, 3.05) is 11.6 Å². The van der Waals surface area contributed by atoms with Crippen LogP contribution in [0.1, 0.15) is 11.8 Å². The van der Waals surface area contributed by atoms with Crippen molar-refractivity contribution in [2.45, 2.75) is 11.4 Å². The van der Waals surface area contributed by atoms with E-state index in [0.717, 1.165) is 6.07 Å². The molecular weight excluding hydrogens is 416 g/mol. The topological polar surface area (TPSA) is 166 Å². The van der Waals surface area contributed by atoms with Crippen LogP contribution in [0.4, 0.5) is 17.1 Å². The molecule has 152 valence electrons. The highest BCUT2D eigenvalue weighted by Crippen LogP contribution is 2.44. The molecule has 3 aromatic rings. The molecule has 13 heteroatoms. The van der Waals surface area contributed by atoms with E-state index in [4.69, 9.17) is 4.74 Å². The summed E-state index contributed by atoms with van der Waals surface area (Å²) in [7, 11) is 0. The van der Waals surface area contributed by atoms with E-state index in [2.05, 4.69) is 20.5 Å². The minimum absolute atomic E-state index is 0.0605. The van der Waals surface area contributed by atoms with E-state index < -0.39 is 33.2 Å². The monoisotopic (exact) mass is 428 g/mol. The molecular formula is C17H12N6O6S. The highest BCUT2D eigenvalue weighted by atomic mass is 32.2. The number of nitro groups is 2. The van der Waals surface area contributed by atoms with Gasteiger partial charge in [-0.05, 0) is 12.3 Å². The van der Waals surface area contributed by atoms with E-state index in [-0.39, 0.29) is 11.4 Å². The number of phenolic OH excluding ortho intramolecular Hbond substituents is 1. The summed E-state index contributed by atoms with van der Waals surface area (Å²) in [5, 5.41) is 44.5. The molecule has 0 aliphatic carbocycles. The highest BCUT2D eigenvalue weighted by Gasteiger charge is 2.32. The molecule has 30 heavy (non-hydrogen) atoms. The summed E-state index contributed by atoms with van der Waals surface area (Å²) in [6.07, 6.45) is 0.525. The van der Waals surface area contributed by atoms with Crippen molar-refractivity contribution in [3.8, 4) is 22.9 Å². The Morgan fingerprint density at radius 1 is 1.17 bits per heavy atom. The summed E-state index contributed by atoms with van der Waals surface area (Å²) in [5.41, 5.74) is -0.137. The zero-order chi connectivity index (χ0) is 21.4. The maximum atomic E-state index is 11.3. The smallest absolute Gasteiger partial charge is 0.318 e. The predicted molar refractivity (Wildman–Crippen MR) is 105 cm³/mol. The predicted octanol–water partition coefficient (Wildman–Crippen LogP) is 3.29. The van der Waals surface area contributed by atoms with Crippen LogP contribution < -0.4 is 10.1 Å². The van der Waals surface area contributed by atoms with Gasteiger partial charge in [0.2, 0.25) is 23.0 Å². The fraction of sp³-hybridized carbons (Fsp3) is 0.118. The van der Waals surface area contributed by atoms with Crippen molar-refractivity contribution in [2.24, 2.45) is 0 Å². The van der Waals surface area contributed by atoms with Crippen LogP contribution in [0.15, 0.2) is 41.6 Å². The van der Waals surface area contributed by atoms with E-state index in [1.165, 1.54) is 11.8 Å². The number of benzene rings is 2. The minimum Gasteiger partial charge on any atom is -0.502 e. The molecule has 0 fully saturated rings. The van der Waals surface area contributed by atoms with Gasteiger partial charge in [-0.25, -0.2) is 0 Å². The van der Waals surface area contributed by atoms with E-state index in [1.54, 1.807) is 30.5 Å². The third-order valence-electron chi connectivity index (χ3n) is 4.31. The Bertz CT molecular complexity index is 1190. The number of hydrogen-bond acceptors (Lipinski definition) is 11. The standard InChI is InChI=1S/C17H12N6O6S/c1-30-17-19-16-13(20-21-17)9-4-2-3-5-11(9)18-15(29-16)10-6-8(22(25)26)7-12(14(10)24)23(27)28/h2-7,15,18,24H,1H3. The Balaban J connectivity index is 1.92. The van der Waals surface area contributed by atoms with Gasteiger partial charge in [-0.2, -0.15) is 4.98 Å². The number of anilines is 1. The zero-order valence-electron chi connectivity index (χ0n) is 15.2. The molecule has 2 aromatic carbocycles. The number of ether oxygens (including phenoxy) is 1. The molecule has 1 aliphatic heterocycles. The number of aromatic hydroxyl groups is 1. The van der Waals surface area contributed by atoms with Crippen LogP contribution >= 0.6 is 11.8 Å². The number of aromatic nitrogens is 3. The summed E-state index contributed by atoms with van der Waals surface area (Å²) in [5.74, 6) is -0.693. The number of nitrogens with one attached hydrogen (secondary N) is 1. The van der Waals surface area contributed by atoms with E-state index in [0.29, 0.717) is 28.2 Å². The van der Waals surface area contributed by atoms with Gasteiger partial charge in [-0.1, -0.05) is 30.0 Å². The molecule has 0 saturated heterocycles. The Kier molecular flexibility index (Phi) is 4.79. The number of para-hydroxylation sites is 1. The van der Waals surface area contributed by atoms with Crippen molar-refractivity contribution < 1.29 is 19.7 Å². The van der Waals surface area contributed by atoms with Crippen molar-refractivity contribution in [3.63, 3.8) is 0 Å². The summed E-state index contributed by atoms with van der Waals surface area (Å²) in [6.45, 7) is 0. The maximum absolute atomic E-state index is 11.3. The van der Waals surface area contributed by atoms with Crippen molar-refractivity contribution in [3.05, 3.63) is 62.2 Å². The lowest BCUT2D eigenvalue weighted by molar-refractivity contribution is -0.394. The third kappa shape index (κ3) is 3.30. The Morgan fingerprint density at radius 2 is 1.93 bits per heavy atom. The van der Waals surface area contributed by atoms with Gasteiger partial charge in [-0.3, -0.25) is 20.2 Å². The van der Waals surface area contributed by atoms with Crippen LogP contribution in [0, 0.1) is 20.2 Å². The summed E-state index contributed by atoms with van der Waals surface area (Å²) in [4.78, 5) is 25.2. The molecule has 4 rings (SSSR count). The number of non-ortho nitro benzene ring substituents is 1. The molecule has 2 N–H and O–H groups in total. The van der Waals surface area contributed by atoms with Crippen LogP contribution in [0.3, 0.4) is 0 Å². The second-order valence-corrected chi connectivity index (χ2v) is 6.83. The van der Waals surface area contributed by atoms with Gasteiger partial charge in [0.25, 0.3) is 5.69 Å². The molecule has 0 saturated carbocycles. The molecule has 1 aromatic heterocycles. The first-order valence-corrected chi connectivity index (χ1v) is 9.58. The van der Waals surface area contributed by atoms with E-state index in [1.807, 2.05) is 0 Å². The first-order chi connectivity index (χ1) is 14.4. The number of thioether (sulfide) groups is 1. The Hall–Kier alpha value is -4.00. The van der Waals surface area contributed by atoms with Crippen LogP contribution in [0.2, 0.25) is 0 Å². The summed E-state index contributed by atoms with van der Waals surface area (Å²) in [6, 6.07) is 8.65. The minimum atomic E-state index is -1.22. The Morgan fingerprint density at radius 3 is 2.63 bits per heavy atom. The molecule has 0 amide bonds. The average Bonchev–Trinajstić information content (AvgIpc) is 2.89. The fourth-order valence-electron chi connectivity index (χ4n) is 2.94. The van der Waals surface area contributed by atoms with Crippen LogP contribution in [-0.2, 0) is 0 Å². The molecule has 0 radical (unpaired) electrons. The molecule has 12 nitrogen and oxygen atoms in total. The number of nitrogens with zero attached hydrogens (tertiary/aromatic N) is 5. The number of hydrogen-bond donors (Lipinski definition) is 2. The largest absolute Gasteiger partial charge is 0.502 e. The van der Waals surface area contributed by atoms with Gasteiger partial charge >= 0.3 is 5.69 Å². The first kappa shape index (κ1) is 19.3. The second-order valence-electron chi connectivity index (χ2n) is 6.06.